The Kier molecular flexibility index (Phi) is 2.59. The van der Waals surface area contributed by atoms with Gasteiger partial charge in [0.2, 0.25) is 0 Å². The van der Waals surface area contributed by atoms with Crippen LogP contribution in [0.3, 0.4) is 0 Å². The van der Waals surface area contributed by atoms with Crippen LogP contribution < -0.4 is 5.73 Å². The second-order valence-corrected chi connectivity index (χ2v) is 2.83. The van der Waals surface area contributed by atoms with Crippen LogP contribution in [0.25, 0.3) is 0 Å². The summed E-state index contributed by atoms with van der Waals surface area (Å²) >= 11 is 4.75. The van der Waals surface area contributed by atoms with E-state index in [2.05, 4.69) is 5.10 Å². The van der Waals surface area contributed by atoms with Crippen molar-refractivity contribution in [3.8, 4) is 0 Å². The Morgan fingerprint density at radius 1 is 1.82 bits per heavy atom. The zero-order valence-corrected chi connectivity index (χ0v) is 7.27. The molecule has 0 bridgehead atoms. The van der Waals surface area contributed by atoms with E-state index in [-0.39, 0.29) is 0 Å². The summed E-state index contributed by atoms with van der Waals surface area (Å²) in [4.78, 5) is 0.492. The van der Waals surface area contributed by atoms with Gasteiger partial charge in [-0.2, -0.15) is 5.10 Å². The summed E-state index contributed by atoms with van der Waals surface area (Å²) < 4.78 is 1.85. The lowest BCUT2D eigenvalue weighted by molar-refractivity contribution is 0.651. The number of aryl methyl sites for hydroxylation is 1. The predicted molar refractivity (Wildman–Crippen MR) is 48.4 cm³/mol. The molecule has 0 aromatic carbocycles. The van der Waals surface area contributed by atoms with E-state index in [1.807, 2.05) is 23.9 Å². The van der Waals surface area contributed by atoms with Crippen molar-refractivity contribution < 1.29 is 0 Å². The van der Waals surface area contributed by atoms with Gasteiger partial charge in [-0.05, 0) is 13.0 Å². The molecule has 0 amide bonds. The minimum atomic E-state index is 0.492. The molecule has 1 aromatic rings. The second kappa shape index (κ2) is 3.48. The van der Waals surface area contributed by atoms with Crippen LogP contribution in [0.2, 0.25) is 0 Å². The smallest absolute Gasteiger partial charge is 0.0788 e. The van der Waals surface area contributed by atoms with Crippen molar-refractivity contribution in [3.63, 3.8) is 0 Å². The highest BCUT2D eigenvalue weighted by atomic mass is 32.1. The molecule has 0 fully saturated rings. The van der Waals surface area contributed by atoms with Gasteiger partial charge in [-0.25, -0.2) is 0 Å². The number of nitrogens with two attached hydrogens (primary N) is 1. The fourth-order valence-electron chi connectivity index (χ4n) is 0.853. The standard InChI is InChI=1S/C7H11N3S/c1-2-10-4-3-6(9-10)5-7(8)11/h3-4H,2,5H2,1H3,(H2,8,11). The molecule has 0 spiro atoms. The Hall–Kier alpha value is -0.900. The Labute approximate surface area is 71.2 Å². The first kappa shape index (κ1) is 8.20. The molecule has 0 aliphatic rings. The first-order chi connectivity index (χ1) is 5.22. The van der Waals surface area contributed by atoms with Gasteiger partial charge in [-0.1, -0.05) is 12.2 Å². The molecular weight excluding hydrogens is 158 g/mol. The van der Waals surface area contributed by atoms with Crippen LogP contribution in [0.15, 0.2) is 12.3 Å². The molecule has 11 heavy (non-hydrogen) atoms. The monoisotopic (exact) mass is 169 g/mol. The minimum Gasteiger partial charge on any atom is -0.393 e. The highest BCUT2D eigenvalue weighted by Crippen LogP contribution is 1.96. The average Bonchev–Trinajstić information content (AvgIpc) is 2.34. The first-order valence-electron chi connectivity index (χ1n) is 3.53. The van der Waals surface area contributed by atoms with Gasteiger partial charge in [0.15, 0.2) is 0 Å². The highest BCUT2D eigenvalue weighted by Gasteiger charge is 1.98. The fraction of sp³-hybridized carbons (Fsp3) is 0.429. The van der Waals surface area contributed by atoms with Crippen LogP contribution in [0.5, 0.6) is 0 Å². The topological polar surface area (TPSA) is 43.8 Å². The van der Waals surface area contributed by atoms with E-state index in [4.69, 9.17) is 18.0 Å². The van der Waals surface area contributed by atoms with E-state index in [9.17, 15) is 0 Å². The summed E-state index contributed by atoms with van der Waals surface area (Å²) in [6.07, 6.45) is 2.52. The quantitative estimate of drug-likeness (QED) is 0.678. The number of nitrogens with zero attached hydrogens (tertiary/aromatic N) is 2. The van der Waals surface area contributed by atoms with Crippen molar-refractivity contribution in [1.82, 2.24) is 9.78 Å². The third-order valence-electron chi connectivity index (χ3n) is 1.38. The van der Waals surface area contributed by atoms with E-state index in [0.717, 1.165) is 12.2 Å². The van der Waals surface area contributed by atoms with E-state index in [0.29, 0.717) is 11.4 Å². The second-order valence-electron chi connectivity index (χ2n) is 2.31. The number of rotatable bonds is 3. The van der Waals surface area contributed by atoms with Gasteiger partial charge < -0.3 is 5.73 Å². The number of thiocarbonyl (C=S) groups is 1. The first-order valence-corrected chi connectivity index (χ1v) is 3.94. The molecule has 3 nitrogen and oxygen atoms in total. The number of aromatic nitrogens is 2. The van der Waals surface area contributed by atoms with E-state index >= 15 is 0 Å². The predicted octanol–water partition coefficient (Wildman–Crippen LogP) is 0.732. The zero-order chi connectivity index (χ0) is 8.27. The van der Waals surface area contributed by atoms with E-state index in [1.54, 1.807) is 0 Å². The van der Waals surface area contributed by atoms with Gasteiger partial charge in [-0.15, -0.1) is 0 Å². The van der Waals surface area contributed by atoms with Gasteiger partial charge in [0.1, 0.15) is 0 Å². The van der Waals surface area contributed by atoms with Crippen molar-refractivity contribution in [3.05, 3.63) is 18.0 Å². The van der Waals surface area contributed by atoms with Crippen molar-refractivity contribution in [1.29, 1.82) is 0 Å². The molecule has 0 saturated heterocycles. The van der Waals surface area contributed by atoms with Gasteiger partial charge in [0, 0.05) is 19.2 Å². The third kappa shape index (κ3) is 2.31. The van der Waals surface area contributed by atoms with E-state index in [1.165, 1.54) is 0 Å². The zero-order valence-electron chi connectivity index (χ0n) is 6.45. The molecule has 2 N–H and O–H groups in total. The van der Waals surface area contributed by atoms with E-state index < -0.39 is 0 Å². The van der Waals surface area contributed by atoms with Crippen LogP contribution in [0, 0.1) is 0 Å². The summed E-state index contributed by atoms with van der Waals surface area (Å²) in [5.74, 6) is 0. The Bertz CT molecular complexity index is 254. The van der Waals surface area contributed by atoms with Gasteiger partial charge in [0.25, 0.3) is 0 Å². The molecule has 1 heterocycles. The lowest BCUT2D eigenvalue weighted by Crippen LogP contribution is -2.11. The van der Waals surface area contributed by atoms with Crippen LogP contribution in [0.1, 0.15) is 12.6 Å². The maximum atomic E-state index is 5.36. The molecule has 0 unspecified atom stereocenters. The molecule has 0 radical (unpaired) electrons. The molecular formula is C7H11N3S. The molecule has 1 aromatic heterocycles. The molecule has 0 saturated carbocycles. The Morgan fingerprint density at radius 2 is 2.55 bits per heavy atom. The summed E-state index contributed by atoms with van der Waals surface area (Å²) in [5.41, 5.74) is 6.30. The fourth-order valence-corrected chi connectivity index (χ4v) is 1.00. The summed E-state index contributed by atoms with van der Waals surface area (Å²) in [6, 6.07) is 1.93. The van der Waals surface area contributed by atoms with Gasteiger partial charge in [0.05, 0.1) is 10.7 Å². The SMILES string of the molecule is CCn1ccc(CC(N)=S)n1. The summed E-state index contributed by atoms with van der Waals surface area (Å²) in [5, 5.41) is 4.22. The van der Waals surface area contributed by atoms with Gasteiger partial charge in [-0.3, -0.25) is 4.68 Å². The highest BCUT2D eigenvalue weighted by molar-refractivity contribution is 7.80. The third-order valence-corrected chi connectivity index (χ3v) is 1.52. The van der Waals surface area contributed by atoms with Crippen LogP contribution in [-0.4, -0.2) is 14.8 Å². The van der Waals surface area contributed by atoms with Crippen molar-refractivity contribution >= 4 is 17.2 Å². The largest absolute Gasteiger partial charge is 0.393 e. The molecule has 60 valence electrons. The lowest BCUT2D eigenvalue weighted by Gasteiger charge is -1.93. The molecule has 0 aliphatic carbocycles. The molecule has 0 atom stereocenters. The van der Waals surface area contributed by atoms with Crippen molar-refractivity contribution in [2.24, 2.45) is 5.73 Å². The van der Waals surface area contributed by atoms with Crippen molar-refractivity contribution in [2.45, 2.75) is 19.9 Å². The van der Waals surface area contributed by atoms with Gasteiger partial charge >= 0.3 is 0 Å². The summed E-state index contributed by atoms with van der Waals surface area (Å²) in [7, 11) is 0. The lowest BCUT2D eigenvalue weighted by atomic mass is 10.3. The van der Waals surface area contributed by atoms with Crippen LogP contribution >= 0.6 is 12.2 Å². The molecule has 0 aliphatic heterocycles. The number of hydrogen-bond donors (Lipinski definition) is 1. The number of hydrogen-bond acceptors (Lipinski definition) is 2. The molecule has 4 heteroatoms. The Morgan fingerprint density at radius 3 is 3.00 bits per heavy atom. The molecule has 1 rings (SSSR count). The van der Waals surface area contributed by atoms with Crippen LogP contribution in [0.4, 0.5) is 0 Å². The Balaban J connectivity index is 2.65. The minimum absolute atomic E-state index is 0.492. The van der Waals surface area contributed by atoms with Crippen molar-refractivity contribution in [2.75, 3.05) is 0 Å². The maximum Gasteiger partial charge on any atom is 0.0788 e. The average molecular weight is 169 g/mol. The summed E-state index contributed by atoms with van der Waals surface area (Å²) in [6.45, 7) is 2.93. The maximum absolute atomic E-state index is 5.36. The van der Waals surface area contributed by atoms with Crippen LogP contribution in [-0.2, 0) is 13.0 Å². The normalized spacial score (nSPS) is 9.91.